The quantitative estimate of drug-likeness (QED) is 0.835. The van der Waals surface area contributed by atoms with Gasteiger partial charge in [0.1, 0.15) is 0 Å². The highest BCUT2D eigenvalue weighted by molar-refractivity contribution is 5.91. The minimum absolute atomic E-state index is 0.00119. The molecule has 1 aromatic rings. The predicted molar refractivity (Wildman–Crippen MR) is 95.4 cm³/mol. The van der Waals surface area contributed by atoms with Gasteiger partial charge in [-0.25, -0.2) is 0 Å². The Kier molecular flexibility index (Phi) is 6.30. The second-order valence-corrected chi connectivity index (χ2v) is 7.16. The topological polar surface area (TPSA) is 91.7 Å². The van der Waals surface area contributed by atoms with Gasteiger partial charge >= 0.3 is 0 Å². The van der Waals surface area contributed by atoms with Crippen molar-refractivity contribution in [2.75, 3.05) is 19.6 Å². The minimum Gasteiger partial charge on any atom is -0.459 e. The van der Waals surface area contributed by atoms with E-state index in [4.69, 9.17) is 4.42 Å². The summed E-state index contributed by atoms with van der Waals surface area (Å²) in [6.45, 7) is 1.19. The van der Waals surface area contributed by atoms with Crippen LogP contribution in [0.25, 0.3) is 0 Å². The fourth-order valence-corrected chi connectivity index (χ4v) is 3.74. The van der Waals surface area contributed by atoms with E-state index in [-0.39, 0.29) is 36.2 Å². The molecular weight excluding hydrogens is 334 g/mol. The summed E-state index contributed by atoms with van der Waals surface area (Å²) in [5, 5.41) is 5.72. The van der Waals surface area contributed by atoms with E-state index in [9.17, 15) is 14.4 Å². The lowest BCUT2D eigenvalue weighted by atomic mass is 9.89. The number of likely N-dealkylation sites (tertiary alicyclic amines) is 1. The summed E-state index contributed by atoms with van der Waals surface area (Å²) in [7, 11) is 0. The first-order valence-corrected chi connectivity index (χ1v) is 9.53. The lowest BCUT2D eigenvalue weighted by molar-refractivity contribution is -0.129. The van der Waals surface area contributed by atoms with Crippen LogP contribution in [0.15, 0.2) is 22.8 Å². The highest BCUT2D eigenvalue weighted by atomic mass is 16.3. The van der Waals surface area contributed by atoms with Gasteiger partial charge in [0.15, 0.2) is 5.76 Å². The number of nitrogens with zero attached hydrogens (tertiary/aromatic N) is 1. The van der Waals surface area contributed by atoms with Crippen LogP contribution in [0.2, 0.25) is 0 Å². The van der Waals surface area contributed by atoms with Crippen molar-refractivity contribution in [3.8, 4) is 0 Å². The van der Waals surface area contributed by atoms with Gasteiger partial charge in [0.25, 0.3) is 5.91 Å². The van der Waals surface area contributed by atoms with Crippen molar-refractivity contribution in [3.63, 3.8) is 0 Å². The van der Waals surface area contributed by atoms with E-state index in [0.29, 0.717) is 31.7 Å². The summed E-state index contributed by atoms with van der Waals surface area (Å²) < 4.78 is 5.14. The Morgan fingerprint density at radius 2 is 1.81 bits per heavy atom. The van der Waals surface area contributed by atoms with Gasteiger partial charge in [0.2, 0.25) is 11.8 Å². The molecule has 1 saturated heterocycles. The maximum atomic E-state index is 12.2. The van der Waals surface area contributed by atoms with Crippen LogP contribution in [-0.4, -0.2) is 48.3 Å². The Balaban J connectivity index is 1.35. The lowest BCUT2D eigenvalue weighted by Gasteiger charge is -2.32. The first-order valence-electron chi connectivity index (χ1n) is 9.53. The van der Waals surface area contributed by atoms with Crippen molar-refractivity contribution in [2.24, 2.45) is 5.92 Å². The average molecular weight is 361 g/mol. The number of furan rings is 1. The number of piperidine rings is 1. The Hall–Kier alpha value is -2.31. The van der Waals surface area contributed by atoms with Crippen molar-refractivity contribution < 1.29 is 18.8 Å². The van der Waals surface area contributed by atoms with E-state index in [0.717, 1.165) is 25.7 Å². The van der Waals surface area contributed by atoms with Gasteiger partial charge in [-0.1, -0.05) is 19.3 Å². The molecule has 3 rings (SSSR count). The fraction of sp³-hybridized carbons (Fsp3) is 0.632. The SMILES string of the molecule is O=C(CNC(=O)C1CCCCC1)NC1CCN(C(=O)c2ccco2)CC1. The number of carbonyl (C=O) groups is 3. The zero-order chi connectivity index (χ0) is 18.4. The maximum Gasteiger partial charge on any atom is 0.289 e. The molecule has 0 atom stereocenters. The number of hydrogen-bond donors (Lipinski definition) is 2. The van der Waals surface area contributed by atoms with Crippen molar-refractivity contribution in [3.05, 3.63) is 24.2 Å². The molecule has 142 valence electrons. The molecule has 26 heavy (non-hydrogen) atoms. The van der Waals surface area contributed by atoms with Crippen LogP contribution in [0.1, 0.15) is 55.5 Å². The van der Waals surface area contributed by atoms with E-state index < -0.39 is 0 Å². The molecule has 0 aromatic carbocycles. The molecule has 0 radical (unpaired) electrons. The van der Waals surface area contributed by atoms with Crippen LogP contribution in [0, 0.1) is 5.92 Å². The minimum atomic E-state index is -0.162. The standard InChI is InChI=1S/C19H27N3O4/c23-17(13-20-18(24)14-5-2-1-3-6-14)21-15-8-10-22(11-9-15)19(25)16-7-4-12-26-16/h4,7,12,14-15H,1-3,5-6,8-11,13H2,(H,20,24)(H,21,23). The maximum absolute atomic E-state index is 12.2. The van der Waals surface area contributed by atoms with Crippen LogP contribution in [-0.2, 0) is 9.59 Å². The van der Waals surface area contributed by atoms with E-state index in [1.807, 2.05) is 0 Å². The third kappa shape index (κ3) is 4.86. The highest BCUT2D eigenvalue weighted by Gasteiger charge is 2.26. The monoisotopic (exact) mass is 361 g/mol. The number of hydrogen-bond acceptors (Lipinski definition) is 4. The van der Waals surface area contributed by atoms with E-state index >= 15 is 0 Å². The van der Waals surface area contributed by atoms with Crippen LogP contribution < -0.4 is 10.6 Å². The average Bonchev–Trinajstić information content (AvgIpc) is 3.21. The molecule has 2 heterocycles. The van der Waals surface area contributed by atoms with E-state index in [1.165, 1.54) is 12.7 Å². The highest BCUT2D eigenvalue weighted by Crippen LogP contribution is 2.23. The Morgan fingerprint density at radius 3 is 2.46 bits per heavy atom. The zero-order valence-corrected chi connectivity index (χ0v) is 15.0. The zero-order valence-electron chi connectivity index (χ0n) is 15.0. The normalized spacial score (nSPS) is 19.2. The molecule has 2 fully saturated rings. The molecule has 7 nitrogen and oxygen atoms in total. The number of carbonyl (C=O) groups excluding carboxylic acids is 3. The van der Waals surface area contributed by atoms with Gasteiger partial charge in [0.05, 0.1) is 12.8 Å². The summed E-state index contributed by atoms with van der Waals surface area (Å²) in [4.78, 5) is 38.1. The van der Waals surface area contributed by atoms with Gasteiger partial charge in [-0.05, 0) is 37.8 Å². The lowest BCUT2D eigenvalue weighted by Crippen LogP contribution is -2.49. The van der Waals surface area contributed by atoms with Crippen LogP contribution >= 0.6 is 0 Å². The first-order chi connectivity index (χ1) is 12.6. The van der Waals surface area contributed by atoms with Crippen molar-refractivity contribution >= 4 is 17.7 Å². The van der Waals surface area contributed by atoms with Gasteiger partial charge < -0.3 is 20.0 Å². The largest absolute Gasteiger partial charge is 0.459 e. The third-order valence-corrected chi connectivity index (χ3v) is 5.28. The van der Waals surface area contributed by atoms with Gasteiger partial charge in [-0.3, -0.25) is 14.4 Å². The second kappa shape index (κ2) is 8.87. The molecule has 3 amide bonds. The molecule has 2 aliphatic rings. The van der Waals surface area contributed by atoms with Crippen LogP contribution in [0.5, 0.6) is 0 Å². The Labute approximate surface area is 153 Å². The molecule has 1 aliphatic heterocycles. The summed E-state index contributed by atoms with van der Waals surface area (Å²) in [5.74, 6) is 0.133. The molecule has 1 saturated carbocycles. The fourth-order valence-electron chi connectivity index (χ4n) is 3.74. The molecule has 7 heteroatoms. The smallest absolute Gasteiger partial charge is 0.289 e. The molecule has 2 N–H and O–H groups in total. The van der Waals surface area contributed by atoms with Crippen molar-refractivity contribution in [1.82, 2.24) is 15.5 Å². The summed E-state index contributed by atoms with van der Waals surface area (Å²) >= 11 is 0. The Morgan fingerprint density at radius 1 is 1.08 bits per heavy atom. The van der Waals surface area contributed by atoms with Crippen molar-refractivity contribution in [2.45, 2.75) is 51.0 Å². The van der Waals surface area contributed by atoms with E-state index in [2.05, 4.69) is 10.6 Å². The molecular formula is C19H27N3O4. The van der Waals surface area contributed by atoms with Gasteiger partial charge in [0, 0.05) is 25.0 Å². The van der Waals surface area contributed by atoms with Crippen LogP contribution in [0.3, 0.4) is 0 Å². The first kappa shape index (κ1) is 18.5. The Bertz CT molecular complexity index is 615. The number of nitrogens with one attached hydrogen (secondary N) is 2. The van der Waals surface area contributed by atoms with E-state index in [1.54, 1.807) is 17.0 Å². The molecule has 0 spiro atoms. The summed E-state index contributed by atoms with van der Waals surface area (Å²) in [5.41, 5.74) is 0. The second-order valence-electron chi connectivity index (χ2n) is 7.16. The predicted octanol–water partition coefficient (Wildman–Crippen LogP) is 1.70. The van der Waals surface area contributed by atoms with Gasteiger partial charge in [-0.2, -0.15) is 0 Å². The summed E-state index contributed by atoms with van der Waals surface area (Å²) in [6, 6.07) is 3.39. The molecule has 0 bridgehead atoms. The third-order valence-electron chi connectivity index (χ3n) is 5.28. The molecule has 1 aliphatic carbocycles. The van der Waals surface area contributed by atoms with Gasteiger partial charge in [-0.15, -0.1) is 0 Å². The number of amides is 3. The van der Waals surface area contributed by atoms with Crippen LogP contribution in [0.4, 0.5) is 0 Å². The molecule has 1 aromatic heterocycles. The number of rotatable bonds is 5. The summed E-state index contributed by atoms with van der Waals surface area (Å²) in [6.07, 6.45) is 8.14. The molecule has 0 unspecified atom stereocenters. The van der Waals surface area contributed by atoms with Crippen molar-refractivity contribution in [1.29, 1.82) is 0 Å².